The minimum absolute atomic E-state index is 0.0697. The van der Waals surface area contributed by atoms with Gasteiger partial charge in [0.05, 0.1) is 11.4 Å². The molecule has 2 aromatic heterocycles. The smallest absolute Gasteiger partial charge is 0.257 e. The lowest BCUT2D eigenvalue weighted by molar-refractivity contribution is 0.0938. The topological polar surface area (TPSA) is 55.1 Å². The number of rotatable bonds is 6. The number of carbonyl (C=O) groups is 1. The van der Waals surface area contributed by atoms with E-state index < -0.39 is 0 Å². The fourth-order valence-corrected chi connectivity index (χ4v) is 4.33. The summed E-state index contributed by atoms with van der Waals surface area (Å²) in [4.78, 5) is 15.7. The Bertz CT molecular complexity index is 1000. The summed E-state index contributed by atoms with van der Waals surface area (Å²) in [5.41, 5.74) is 3.45. The second-order valence-electron chi connectivity index (χ2n) is 8.26. The number of carbonyl (C=O) groups excluding carboxylic acids is 1. The molecule has 0 bridgehead atoms. The van der Waals surface area contributed by atoms with Gasteiger partial charge < -0.3 is 9.88 Å². The summed E-state index contributed by atoms with van der Waals surface area (Å²) in [6, 6.07) is 12.7. The minimum atomic E-state index is -0.0697. The number of amides is 1. The number of piperidine rings is 1. The Hall–Kier alpha value is -2.86. The fraction of sp³-hybridized carbons (Fsp3) is 0.417. The SMILES string of the molecule is Cc1cccc(-n2nc(C)c(C(=O)NCCN3CCCC[C@@H]3C)c2-n2cccc2)c1. The standard InChI is InChI=1S/C24H31N5O/c1-18-9-8-11-21(17-18)29-24(28-14-6-7-15-28)22(20(3)26-29)23(30)25-12-16-27-13-5-4-10-19(27)2/h6-9,11,14-15,17,19H,4-5,10,12-13,16H2,1-3H3,(H,25,30)/t19-/m0/s1. The van der Waals surface area contributed by atoms with Crippen LogP contribution in [0.4, 0.5) is 0 Å². The monoisotopic (exact) mass is 405 g/mol. The van der Waals surface area contributed by atoms with Crippen LogP contribution in [0.25, 0.3) is 11.5 Å². The molecule has 4 rings (SSSR count). The maximum absolute atomic E-state index is 13.2. The molecule has 1 aliphatic rings. The predicted octanol–water partition coefficient (Wildman–Crippen LogP) is 3.88. The summed E-state index contributed by atoms with van der Waals surface area (Å²) in [6.45, 7) is 8.89. The molecule has 1 atom stereocenters. The van der Waals surface area contributed by atoms with Gasteiger partial charge in [0.15, 0.2) is 5.82 Å². The Balaban J connectivity index is 1.60. The molecule has 3 aromatic rings. The van der Waals surface area contributed by atoms with Gasteiger partial charge in [0.25, 0.3) is 5.91 Å². The van der Waals surface area contributed by atoms with E-state index in [1.807, 2.05) is 52.8 Å². The summed E-state index contributed by atoms with van der Waals surface area (Å²) >= 11 is 0. The summed E-state index contributed by atoms with van der Waals surface area (Å²) in [7, 11) is 0. The van der Waals surface area contributed by atoms with Crippen molar-refractivity contribution in [3.63, 3.8) is 0 Å². The zero-order valence-corrected chi connectivity index (χ0v) is 18.1. The fourth-order valence-electron chi connectivity index (χ4n) is 4.33. The molecule has 1 fully saturated rings. The predicted molar refractivity (Wildman–Crippen MR) is 120 cm³/mol. The third kappa shape index (κ3) is 4.19. The van der Waals surface area contributed by atoms with Gasteiger partial charge in [-0.05, 0) is 70.0 Å². The molecule has 3 heterocycles. The molecule has 1 N–H and O–H groups in total. The molecule has 6 heteroatoms. The first-order chi connectivity index (χ1) is 14.5. The van der Waals surface area contributed by atoms with Crippen LogP contribution in [-0.4, -0.2) is 50.8 Å². The van der Waals surface area contributed by atoms with Crippen molar-refractivity contribution >= 4 is 5.91 Å². The Morgan fingerprint density at radius 3 is 2.70 bits per heavy atom. The van der Waals surface area contributed by atoms with Crippen molar-refractivity contribution < 1.29 is 4.79 Å². The number of benzene rings is 1. The first kappa shape index (κ1) is 20.4. The van der Waals surface area contributed by atoms with Crippen LogP contribution in [0.3, 0.4) is 0 Å². The van der Waals surface area contributed by atoms with Crippen molar-refractivity contribution in [3.8, 4) is 11.5 Å². The molecule has 1 aliphatic heterocycles. The van der Waals surface area contributed by atoms with Gasteiger partial charge in [-0.25, -0.2) is 4.68 Å². The highest BCUT2D eigenvalue weighted by molar-refractivity contribution is 5.98. The van der Waals surface area contributed by atoms with Gasteiger partial charge >= 0.3 is 0 Å². The molecule has 0 unspecified atom stereocenters. The van der Waals surface area contributed by atoms with Crippen LogP contribution in [0.1, 0.15) is 47.8 Å². The van der Waals surface area contributed by atoms with Crippen molar-refractivity contribution in [2.45, 2.75) is 46.1 Å². The van der Waals surface area contributed by atoms with Gasteiger partial charge in [-0.3, -0.25) is 9.69 Å². The molecule has 0 saturated carbocycles. The van der Waals surface area contributed by atoms with Crippen LogP contribution in [0.15, 0.2) is 48.8 Å². The Morgan fingerprint density at radius 2 is 1.97 bits per heavy atom. The van der Waals surface area contributed by atoms with E-state index in [0.29, 0.717) is 18.2 Å². The van der Waals surface area contributed by atoms with Crippen molar-refractivity contribution in [3.05, 3.63) is 65.6 Å². The minimum Gasteiger partial charge on any atom is -0.351 e. The number of nitrogens with zero attached hydrogens (tertiary/aromatic N) is 4. The second kappa shape index (κ2) is 8.88. The molecule has 1 amide bonds. The van der Waals surface area contributed by atoms with Crippen molar-refractivity contribution in [2.75, 3.05) is 19.6 Å². The van der Waals surface area contributed by atoms with Crippen molar-refractivity contribution in [2.24, 2.45) is 0 Å². The lowest BCUT2D eigenvalue weighted by Crippen LogP contribution is -2.42. The molecule has 0 radical (unpaired) electrons. The van der Waals surface area contributed by atoms with Gasteiger partial charge in [-0.2, -0.15) is 5.10 Å². The maximum Gasteiger partial charge on any atom is 0.257 e. The molecule has 0 spiro atoms. The van der Waals surface area contributed by atoms with Gasteiger partial charge in [-0.15, -0.1) is 0 Å². The third-order valence-corrected chi connectivity index (χ3v) is 5.98. The lowest BCUT2D eigenvalue weighted by Gasteiger charge is -2.33. The number of likely N-dealkylation sites (tertiary alicyclic amines) is 1. The first-order valence-electron chi connectivity index (χ1n) is 10.9. The van der Waals surface area contributed by atoms with Crippen molar-refractivity contribution in [1.29, 1.82) is 0 Å². The van der Waals surface area contributed by atoms with Crippen molar-refractivity contribution in [1.82, 2.24) is 24.6 Å². The molecule has 6 nitrogen and oxygen atoms in total. The van der Waals surface area contributed by atoms with E-state index in [0.717, 1.165) is 35.9 Å². The maximum atomic E-state index is 13.2. The highest BCUT2D eigenvalue weighted by Gasteiger charge is 2.24. The zero-order chi connectivity index (χ0) is 21.1. The highest BCUT2D eigenvalue weighted by atomic mass is 16.1. The van der Waals surface area contributed by atoms with E-state index >= 15 is 0 Å². The van der Waals surface area contributed by atoms with Crippen LogP contribution in [0, 0.1) is 13.8 Å². The van der Waals surface area contributed by atoms with Crippen LogP contribution in [0.2, 0.25) is 0 Å². The summed E-state index contributed by atoms with van der Waals surface area (Å²) in [6.07, 6.45) is 7.71. The van der Waals surface area contributed by atoms with E-state index in [4.69, 9.17) is 5.10 Å². The highest BCUT2D eigenvalue weighted by Crippen LogP contribution is 2.23. The largest absolute Gasteiger partial charge is 0.351 e. The molecular formula is C24H31N5O. The van der Waals surface area contributed by atoms with Gasteiger partial charge in [-0.1, -0.05) is 18.6 Å². The van der Waals surface area contributed by atoms with E-state index in [9.17, 15) is 4.79 Å². The molecule has 158 valence electrons. The summed E-state index contributed by atoms with van der Waals surface area (Å²) in [5.74, 6) is 0.701. The van der Waals surface area contributed by atoms with Crippen LogP contribution >= 0.6 is 0 Å². The number of nitrogens with one attached hydrogen (secondary N) is 1. The number of hydrogen-bond acceptors (Lipinski definition) is 3. The zero-order valence-electron chi connectivity index (χ0n) is 18.1. The van der Waals surface area contributed by atoms with Crippen LogP contribution in [0.5, 0.6) is 0 Å². The van der Waals surface area contributed by atoms with Gasteiger partial charge in [0, 0.05) is 31.5 Å². The molecule has 30 heavy (non-hydrogen) atoms. The summed E-state index contributed by atoms with van der Waals surface area (Å²) < 4.78 is 3.83. The van der Waals surface area contributed by atoms with E-state index in [2.05, 4.69) is 36.2 Å². The number of aryl methyl sites for hydroxylation is 2. The molecular weight excluding hydrogens is 374 g/mol. The number of aromatic nitrogens is 3. The number of hydrogen-bond donors (Lipinski definition) is 1. The van der Waals surface area contributed by atoms with Gasteiger partial charge in [0.2, 0.25) is 0 Å². The first-order valence-corrected chi connectivity index (χ1v) is 10.9. The average Bonchev–Trinajstić information content (AvgIpc) is 3.37. The molecule has 0 aliphatic carbocycles. The second-order valence-corrected chi connectivity index (χ2v) is 8.26. The molecule has 1 aromatic carbocycles. The van der Waals surface area contributed by atoms with E-state index in [1.165, 1.54) is 19.3 Å². The Morgan fingerprint density at radius 1 is 1.17 bits per heavy atom. The lowest BCUT2D eigenvalue weighted by atomic mass is 10.0. The quantitative estimate of drug-likeness (QED) is 0.677. The average molecular weight is 406 g/mol. The molecule has 1 saturated heterocycles. The third-order valence-electron chi connectivity index (χ3n) is 5.98. The Kier molecular flexibility index (Phi) is 6.04. The van der Waals surface area contributed by atoms with Gasteiger partial charge in [0.1, 0.15) is 5.56 Å². The van der Waals surface area contributed by atoms with E-state index in [-0.39, 0.29) is 5.91 Å². The summed E-state index contributed by atoms with van der Waals surface area (Å²) in [5, 5.41) is 7.87. The van der Waals surface area contributed by atoms with E-state index in [1.54, 1.807) is 0 Å². The van der Waals surface area contributed by atoms with Crippen LogP contribution in [-0.2, 0) is 0 Å². The normalized spacial score (nSPS) is 17.2. The Labute approximate surface area is 178 Å². The van der Waals surface area contributed by atoms with Crippen LogP contribution < -0.4 is 5.32 Å².